The number of hydrogen-bond donors (Lipinski definition) is 2. The monoisotopic (exact) mass is 331 g/mol. The molecular formula is C10H9N3O6S2. The van der Waals surface area contributed by atoms with Gasteiger partial charge in [0.15, 0.2) is 0 Å². The Hall–Kier alpha value is -2.11. The van der Waals surface area contributed by atoms with Crippen molar-refractivity contribution in [2.45, 2.75) is 4.90 Å². The van der Waals surface area contributed by atoms with Gasteiger partial charge in [0.05, 0.1) is 11.7 Å². The fourth-order valence-electron chi connectivity index (χ4n) is 1.66. The van der Waals surface area contributed by atoms with Crippen LogP contribution >= 0.6 is 11.7 Å². The van der Waals surface area contributed by atoms with Gasteiger partial charge in [0.2, 0.25) is 10.0 Å². The van der Waals surface area contributed by atoms with Gasteiger partial charge in [-0.15, -0.1) is 0 Å². The zero-order valence-electron chi connectivity index (χ0n) is 10.3. The van der Waals surface area contributed by atoms with Crippen LogP contribution in [-0.4, -0.2) is 56.7 Å². The van der Waals surface area contributed by atoms with E-state index in [0.29, 0.717) is 9.82 Å². The van der Waals surface area contributed by atoms with Crippen LogP contribution in [0.2, 0.25) is 0 Å². The second-order valence-electron chi connectivity index (χ2n) is 3.95. The summed E-state index contributed by atoms with van der Waals surface area (Å²) in [4.78, 5) is 21.2. The number of benzene rings is 1. The highest BCUT2D eigenvalue weighted by Crippen LogP contribution is 2.24. The fraction of sp³-hybridized carbons (Fsp3) is 0.200. The van der Waals surface area contributed by atoms with E-state index < -0.39 is 35.1 Å². The van der Waals surface area contributed by atoms with Crippen molar-refractivity contribution < 1.29 is 28.2 Å². The average Bonchev–Trinajstić information content (AvgIpc) is 2.84. The number of aromatic nitrogens is 2. The minimum atomic E-state index is -4.31. The minimum Gasteiger partial charge on any atom is -0.480 e. The topological polar surface area (TPSA) is 138 Å². The molecule has 1 aromatic carbocycles. The van der Waals surface area contributed by atoms with E-state index in [2.05, 4.69) is 8.75 Å². The molecule has 0 saturated carbocycles. The minimum absolute atomic E-state index is 0.0864. The van der Waals surface area contributed by atoms with Crippen LogP contribution in [0.25, 0.3) is 11.0 Å². The van der Waals surface area contributed by atoms with Crippen molar-refractivity contribution in [1.29, 1.82) is 0 Å². The van der Waals surface area contributed by atoms with Crippen LogP contribution < -0.4 is 0 Å². The molecule has 0 bridgehead atoms. The molecule has 2 aromatic rings. The molecule has 0 amide bonds. The second-order valence-corrected chi connectivity index (χ2v) is 6.38. The summed E-state index contributed by atoms with van der Waals surface area (Å²) in [6.07, 6.45) is 0. The lowest BCUT2D eigenvalue weighted by Gasteiger charge is -2.18. The summed E-state index contributed by atoms with van der Waals surface area (Å²) in [5, 5.41) is 17.5. The van der Waals surface area contributed by atoms with Crippen LogP contribution in [0.3, 0.4) is 0 Å². The van der Waals surface area contributed by atoms with E-state index in [1.54, 1.807) is 6.07 Å². The number of rotatable bonds is 6. The summed E-state index contributed by atoms with van der Waals surface area (Å²) in [6, 6.07) is 4.21. The van der Waals surface area contributed by atoms with Crippen molar-refractivity contribution in [1.82, 2.24) is 13.1 Å². The van der Waals surface area contributed by atoms with Gasteiger partial charge in [-0.05, 0) is 12.1 Å². The molecule has 0 spiro atoms. The maximum atomic E-state index is 12.5. The number of carboxylic acids is 2. The van der Waals surface area contributed by atoms with Crippen LogP contribution in [0.4, 0.5) is 0 Å². The maximum Gasteiger partial charge on any atom is 0.318 e. The van der Waals surface area contributed by atoms with Gasteiger partial charge in [0.25, 0.3) is 0 Å². The highest BCUT2D eigenvalue weighted by molar-refractivity contribution is 7.89. The highest BCUT2D eigenvalue weighted by Gasteiger charge is 2.30. The quantitative estimate of drug-likeness (QED) is 0.745. The first-order chi connectivity index (χ1) is 9.82. The van der Waals surface area contributed by atoms with Gasteiger partial charge in [0, 0.05) is 0 Å². The summed E-state index contributed by atoms with van der Waals surface area (Å²) < 4.78 is 33.0. The standard InChI is InChI=1S/C10H9N3O6S2/c14-8(15)4-13(5-9(16)17)21(18,19)7-3-1-2-6-10(7)12-20-11-6/h1-3H,4-5H2,(H,14,15)(H,16,17). The van der Waals surface area contributed by atoms with Crippen LogP contribution in [0.1, 0.15) is 0 Å². The van der Waals surface area contributed by atoms with Gasteiger partial charge in [0.1, 0.15) is 29.0 Å². The van der Waals surface area contributed by atoms with Crippen LogP contribution in [0.5, 0.6) is 0 Å². The number of nitrogens with zero attached hydrogens (tertiary/aromatic N) is 3. The van der Waals surface area contributed by atoms with Crippen LogP contribution in [-0.2, 0) is 19.6 Å². The second kappa shape index (κ2) is 5.71. The first kappa shape index (κ1) is 15.3. The van der Waals surface area contributed by atoms with Crippen LogP contribution in [0, 0.1) is 0 Å². The maximum absolute atomic E-state index is 12.5. The molecule has 0 aliphatic rings. The van der Waals surface area contributed by atoms with Gasteiger partial charge in [-0.25, -0.2) is 8.42 Å². The van der Waals surface area contributed by atoms with Crippen LogP contribution in [0.15, 0.2) is 23.1 Å². The lowest BCUT2D eigenvalue weighted by molar-refractivity contribution is -0.139. The van der Waals surface area contributed by atoms with E-state index in [0.717, 1.165) is 11.7 Å². The number of aliphatic carboxylic acids is 2. The first-order valence-corrected chi connectivity index (χ1v) is 7.64. The average molecular weight is 331 g/mol. The normalized spacial score (nSPS) is 11.9. The van der Waals surface area contributed by atoms with Gasteiger partial charge < -0.3 is 10.2 Å². The predicted octanol–water partition coefficient (Wildman–Crippen LogP) is -0.149. The molecule has 9 nitrogen and oxygen atoms in total. The largest absolute Gasteiger partial charge is 0.480 e. The number of fused-ring (bicyclic) bond motifs is 1. The molecule has 0 radical (unpaired) electrons. The van der Waals surface area contributed by atoms with Gasteiger partial charge in [-0.2, -0.15) is 13.1 Å². The molecular weight excluding hydrogens is 322 g/mol. The van der Waals surface area contributed by atoms with Crippen molar-refractivity contribution in [2.24, 2.45) is 0 Å². The Kier molecular flexibility index (Phi) is 4.16. The van der Waals surface area contributed by atoms with E-state index in [-0.39, 0.29) is 10.4 Å². The third kappa shape index (κ3) is 3.15. The lowest BCUT2D eigenvalue weighted by Crippen LogP contribution is -2.39. The van der Waals surface area contributed by atoms with Gasteiger partial charge in [-0.3, -0.25) is 9.59 Å². The lowest BCUT2D eigenvalue weighted by atomic mass is 10.3. The number of hydrogen-bond acceptors (Lipinski definition) is 7. The summed E-state index contributed by atoms with van der Waals surface area (Å²) in [6.45, 7) is -1.91. The molecule has 0 aliphatic heterocycles. The third-order valence-electron chi connectivity index (χ3n) is 2.49. The molecule has 11 heteroatoms. The van der Waals surface area contributed by atoms with Crippen molar-refractivity contribution in [3.63, 3.8) is 0 Å². The zero-order valence-corrected chi connectivity index (χ0v) is 12.0. The molecule has 21 heavy (non-hydrogen) atoms. The van der Waals surface area contributed by atoms with Crippen molar-refractivity contribution >= 4 is 44.7 Å². The summed E-state index contributed by atoms with van der Waals surface area (Å²) in [5.74, 6) is -2.91. The molecule has 0 fully saturated rings. The Morgan fingerprint density at radius 2 is 1.76 bits per heavy atom. The Balaban J connectivity index is 2.54. The SMILES string of the molecule is O=C(O)CN(CC(=O)O)S(=O)(=O)c1cccc2nsnc12. The molecule has 1 aromatic heterocycles. The molecule has 2 N–H and O–H groups in total. The Morgan fingerprint density at radius 1 is 1.14 bits per heavy atom. The summed E-state index contributed by atoms with van der Waals surface area (Å²) in [5.41, 5.74) is 0.426. The summed E-state index contributed by atoms with van der Waals surface area (Å²) in [7, 11) is -4.31. The van der Waals surface area contributed by atoms with E-state index in [9.17, 15) is 18.0 Å². The third-order valence-corrected chi connectivity index (χ3v) is 4.86. The Morgan fingerprint density at radius 3 is 2.33 bits per heavy atom. The molecule has 0 unspecified atom stereocenters. The van der Waals surface area contributed by atoms with Crippen molar-refractivity contribution in [2.75, 3.05) is 13.1 Å². The van der Waals surface area contributed by atoms with E-state index in [1.807, 2.05) is 0 Å². The summed E-state index contributed by atoms with van der Waals surface area (Å²) >= 11 is 0.807. The molecule has 2 rings (SSSR count). The Bertz CT molecular complexity index is 784. The van der Waals surface area contributed by atoms with Gasteiger partial charge in [-0.1, -0.05) is 6.07 Å². The molecule has 0 aliphatic carbocycles. The predicted molar refractivity (Wildman–Crippen MR) is 71.4 cm³/mol. The first-order valence-electron chi connectivity index (χ1n) is 5.47. The number of carbonyl (C=O) groups is 2. The highest BCUT2D eigenvalue weighted by atomic mass is 32.2. The number of sulfonamides is 1. The van der Waals surface area contributed by atoms with E-state index in [4.69, 9.17) is 10.2 Å². The van der Waals surface area contributed by atoms with E-state index >= 15 is 0 Å². The number of carboxylic acid groups (broad SMARTS) is 2. The van der Waals surface area contributed by atoms with Gasteiger partial charge >= 0.3 is 11.9 Å². The molecule has 0 atom stereocenters. The smallest absolute Gasteiger partial charge is 0.318 e. The molecule has 112 valence electrons. The zero-order chi connectivity index (χ0) is 15.6. The van der Waals surface area contributed by atoms with E-state index in [1.165, 1.54) is 12.1 Å². The fourth-order valence-corrected chi connectivity index (χ4v) is 3.75. The molecule has 0 saturated heterocycles. The Labute approximate surface area is 122 Å². The van der Waals surface area contributed by atoms with Crippen molar-refractivity contribution in [3.05, 3.63) is 18.2 Å². The van der Waals surface area contributed by atoms with Crippen molar-refractivity contribution in [3.8, 4) is 0 Å². The molecule has 1 heterocycles.